The molecule has 1 aliphatic carbocycles. The molecular weight excluding hydrogens is 296 g/mol. The molecule has 2 fully saturated rings. The molecule has 2 heterocycles. The number of amides is 2. The second-order valence-electron chi connectivity index (χ2n) is 6.22. The van der Waals surface area contributed by atoms with Crippen LogP contribution in [0.1, 0.15) is 44.5 Å². The summed E-state index contributed by atoms with van der Waals surface area (Å²) in [6.45, 7) is 2.42. The number of carbonyl (C=O) groups is 2. The molecule has 1 aromatic rings. The molecule has 2 atom stereocenters. The van der Waals surface area contributed by atoms with Crippen molar-refractivity contribution in [2.24, 2.45) is 7.05 Å². The molecule has 1 saturated heterocycles. The average molecular weight is 320 g/mol. The Morgan fingerprint density at radius 2 is 2.22 bits per heavy atom. The number of rotatable bonds is 6. The fraction of sp³-hybridized carbons (Fsp3) is 0.688. The van der Waals surface area contributed by atoms with E-state index in [-0.39, 0.29) is 36.5 Å². The fourth-order valence-electron chi connectivity index (χ4n) is 3.26. The number of nitrogens with one attached hydrogen (secondary N) is 1. The SMILES string of the molecule is CCOCC(=O)N[C@@H]1CCC(=O)N(C2CC2)[C@H]1c1nccn1C. The maximum absolute atomic E-state index is 12.4. The van der Waals surface area contributed by atoms with Crippen LogP contribution < -0.4 is 5.32 Å². The van der Waals surface area contributed by atoms with E-state index in [0.29, 0.717) is 19.4 Å². The number of nitrogens with zero attached hydrogens (tertiary/aromatic N) is 3. The Bertz CT molecular complexity index is 582. The first kappa shape index (κ1) is 16.0. The van der Waals surface area contributed by atoms with Gasteiger partial charge in [-0.3, -0.25) is 9.59 Å². The Labute approximate surface area is 136 Å². The molecule has 1 saturated carbocycles. The molecule has 0 spiro atoms. The maximum atomic E-state index is 12.4. The minimum absolute atomic E-state index is 0.0532. The summed E-state index contributed by atoms with van der Waals surface area (Å²) in [5.41, 5.74) is 0. The van der Waals surface area contributed by atoms with Crippen LogP contribution in [0.5, 0.6) is 0 Å². The van der Waals surface area contributed by atoms with Gasteiger partial charge in [-0.15, -0.1) is 0 Å². The molecule has 1 aromatic heterocycles. The van der Waals surface area contributed by atoms with Gasteiger partial charge in [0.2, 0.25) is 11.8 Å². The van der Waals surface area contributed by atoms with Crippen molar-refractivity contribution >= 4 is 11.8 Å². The molecule has 126 valence electrons. The molecule has 23 heavy (non-hydrogen) atoms. The van der Waals surface area contributed by atoms with E-state index in [2.05, 4.69) is 10.3 Å². The average Bonchev–Trinajstić information content (AvgIpc) is 3.28. The first-order valence-electron chi connectivity index (χ1n) is 8.27. The van der Waals surface area contributed by atoms with Gasteiger partial charge in [0.25, 0.3) is 0 Å². The lowest BCUT2D eigenvalue weighted by atomic mass is 9.94. The summed E-state index contributed by atoms with van der Waals surface area (Å²) in [7, 11) is 1.92. The van der Waals surface area contributed by atoms with Gasteiger partial charge in [0.05, 0.1) is 6.04 Å². The van der Waals surface area contributed by atoms with E-state index in [1.54, 1.807) is 6.20 Å². The van der Waals surface area contributed by atoms with Crippen LogP contribution in [0.4, 0.5) is 0 Å². The summed E-state index contributed by atoms with van der Waals surface area (Å²) in [5, 5.41) is 3.04. The van der Waals surface area contributed by atoms with Crippen molar-refractivity contribution in [2.75, 3.05) is 13.2 Å². The summed E-state index contributed by atoms with van der Waals surface area (Å²) < 4.78 is 7.11. The van der Waals surface area contributed by atoms with Gasteiger partial charge < -0.3 is 19.5 Å². The lowest BCUT2D eigenvalue weighted by Crippen LogP contribution is -2.54. The smallest absolute Gasteiger partial charge is 0.246 e. The van der Waals surface area contributed by atoms with Gasteiger partial charge in [-0.2, -0.15) is 0 Å². The zero-order valence-corrected chi connectivity index (χ0v) is 13.7. The molecular formula is C16H24N4O3. The number of carbonyl (C=O) groups excluding carboxylic acids is 2. The number of hydrogen-bond donors (Lipinski definition) is 1. The summed E-state index contributed by atoms with van der Waals surface area (Å²) in [5.74, 6) is 0.851. The first-order valence-corrected chi connectivity index (χ1v) is 8.27. The van der Waals surface area contributed by atoms with Crippen molar-refractivity contribution in [3.05, 3.63) is 18.2 Å². The molecule has 7 nitrogen and oxygen atoms in total. The predicted molar refractivity (Wildman–Crippen MR) is 83.5 cm³/mol. The number of aryl methyl sites for hydroxylation is 1. The molecule has 1 aliphatic heterocycles. The Morgan fingerprint density at radius 3 is 2.83 bits per heavy atom. The van der Waals surface area contributed by atoms with Gasteiger partial charge in [0.1, 0.15) is 18.5 Å². The number of ether oxygens (including phenoxy) is 1. The summed E-state index contributed by atoms with van der Waals surface area (Å²) in [6.07, 6.45) is 6.78. The molecule has 0 radical (unpaired) electrons. The second-order valence-corrected chi connectivity index (χ2v) is 6.22. The normalized spacial score (nSPS) is 24.8. The van der Waals surface area contributed by atoms with Crippen LogP contribution in [0.2, 0.25) is 0 Å². The monoisotopic (exact) mass is 320 g/mol. The topological polar surface area (TPSA) is 76.5 Å². The van der Waals surface area contributed by atoms with Crippen molar-refractivity contribution in [2.45, 2.75) is 50.7 Å². The van der Waals surface area contributed by atoms with Crippen molar-refractivity contribution in [1.29, 1.82) is 0 Å². The highest BCUT2D eigenvalue weighted by atomic mass is 16.5. The van der Waals surface area contributed by atoms with Crippen LogP contribution in [-0.2, 0) is 21.4 Å². The highest BCUT2D eigenvalue weighted by Crippen LogP contribution is 2.40. The number of imidazole rings is 1. The first-order chi connectivity index (χ1) is 11.1. The van der Waals surface area contributed by atoms with Crippen molar-refractivity contribution in [3.8, 4) is 0 Å². The van der Waals surface area contributed by atoms with Crippen LogP contribution >= 0.6 is 0 Å². The lowest BCUT2D eigenvalue weighted by molar-refractivity contribution is -0.141. The van der Waals surface area contributed by atoms with E-state index in [0.717, 1.165) is 18.7 Å². The van der Waals surface area contributed by atoms with Gasteiger partial charge in [-0.25, -0.2) is 4.98 Å². The number of likely N-dealkylation sites (tertiary alicyclic amines) is 1. The van der Waals surface area contributed by atoms with Gasteiger partial charge in [0, 0.05) is 38.5 Å². The second kappa shape index (κ2) is 6.70. The van der Waals surface area contributed by atoms with Gasteiger partial charge >= 0.3 is 0 Å². The Hall–Kier alpha value is -1.89. The molecule has 0 bridgehead atoms. The molecule has 2 amide bonds. The highest BCUT2D eigenvalue weighted by Gasteiger charge is 2.46. The van der Waals surface area contributed by atoms with Crippen LogP contribution in [0.3, 0.4) is 0 Å². The molecule has 0 unspecified atom stereocenters. The van der Waals surface area contributed by atoms with Gasteiger partial charge in [0.15, 0.2) is 0 Å². The summed E-state index contributed by atoms with van der Waals surface area (Å²) in [6, 6.07) is -0.0347. The molecule has 2 aliphatic rings. The van der Waals surface area contributed by atoms with Crippen LogP contribution in [0.15, 0.2) is 12.4 Å². The van der Waals surface area contributed by atoms with E-state index in [4.69, 9.17) is 4.74 Å². The third-order valence-corrected chi connectivity index (χ3v) is 4.48. The van der Waals surface area contributed by atoms with E-state index < -0.39 is 0 Å². The van der Waals surface area contributed by atoms with Crippen LogP contribution in [0, 0.1) is 0 Å². The lowest BCUT2D eigenvalue weighted by Gasteiger charge is -2.41. The van der Waals surface area contributed by atoms with Crippen LogP contribution in [-0.4, -0.2) is 51.6 Å². The molecule has 3 rings (SSSR count). The van der Waals surface area contributed by atoms with E-state index >= 15 is 0 Å². The van der Waals surface area contributed by atoms with Crippen molar-refractivity contribution < 1.29 is 14.3 Å². The van der Waals surface area contributed by atoms with Crippen LogP contribution in [0.25, 0.3) is 0 Å². The summed E-state index contributed by atoms with van der Waals surface area (Å²) in [4.78, 5) is 30.9. The largest absolute Gasteiger partial charge is 0.372 e. The van der Waals surface area contributed by atoms with E-state index in [1.165, 1.54) is 0 Å². The standard InChI is InChI=1S/C16H24N4O3/c1-3-23-10-13(21)18-12-6-7-14(22)20(11-4-5-11)15(12)16-17-8-9-19(16)2/h8-9,11-12,15H,3-7,10H2,1-2H3,(H,18,21)/t12-,15-/m1/s1. The zero-order valence-electron chi connectivity index (χ0n) is 13.7. The third kappa shape index (κ3) is 3.39. The maximum Gasteiger partial charge on any atom is 0.246 e. The van der Waals surface area contributed by atoms with Crippen molar-refractivity contribution in [3.63, 3.8) is 0 Å². The molecule has 1 N–H and O–H groups in total. The number of hydrogen-bond acceptors (Lipinski definition) is 4. The van der Waals surface area contributed by atoms with E-state index in [1.807, 2.05) is 29.6 Å². The Kier molecular flexibility index (Phi) is 4.66. The van der Waals surface area contributed by atoms with E-state index in [9.17, 15) is 9.59 Å². The van der Waals surface area contributed by atoms with Crippen molar-refractivity contribution in [1.82, 2.24) is 19.8 Å². The summed E-state index contributed by atoms with van der Waals surface area (Å²) >= 11 is 0. The third-order valence-electron chi connectivity index (χ3n) is 4.48. The Balaban J connectivity index is 1.83. The number of piperidine rings is 1. The van der Waals surface area contributed by atoms with Gasteiger partial charge in [-0.05, 0) is 26.2 Å². The molecule has 0 aromatic carbocycles. The molecule has 7 heteroatoms. The number of aromatic nitrogens is 2. The minimum atomic E-state index is -0.200. The quantitative estimate of drug-likeness (QED) is 0.840. The predicted octanol–water partition coefficient (Wildman–Crippen LogP) is 0.767. The Morgan fingerprint density at radius 1 is 1.43 bits per heavy atom. The van der Waals surface area contributed by atoms with Gasteiger partial charge in [-0.1, -0.05) is 0 Å². The minimum Gasteiger partial charge on any atom is -0.372 e. The highest BCUT2D eigenvalue weighted by molar-refractivity contribution is 5.80. The zero-order chi connectivity index (χ0) is 16.4. The fourth-order valence-corrected chi connectivity index (χ4v) is 3.26.